The average molecular weight is 229 g/mol. The number of carbonyl (C=O) groups excluding carboxylic acids is 1. The molecule has 1 aromatic rings. The Labute approximate surface area is 88.7 Å². The monoisotopic (exact) mass is 229 g/mol. The van der Waals surface area contributed by atoms with Gasteiger partial charge in [0.1, 0.15) is 11.8 Å². The number of rotatable bonds is 1. The van der Waals surface area contributed by atoms with Gasteiger partial charge >= 0.3 is 6.18 Å². The minimum atomic E-state index is -4.74. The first-order valence-corrected chi connectivity index (χ1v) is 4.12. The molecule has 0 fully saturated rings. The summed E-state index contributed by atoms with van der Waals surface area (Å²) in [5, 5.41) is 17.7. The molecule has 0 radical (unpaired) electrons. The van der Waals surface area contributed by atoms with Gasteiger partial charge in [0.05, 0.1) is 11.1 Å². The van der Waals surface area contributed by atoms with Crippen molar-refractivity contribution >= 4 is 5.78 Å². The fourth-order valence-electron chi connectivity index (χ4n) is 1.20. The molecule has 0 spiro atoms. The second-order valence-corrected chi connectivity index (χ2v) is 3.08. The van der Waals surface area contributed by atoms with Crippen molar-refractivity contribution < 1.29 is 23.1 Å². The number of halogens is 3. The van der Waals surface area contributed by atoms with Crippen LogP contribution in [0.15, 0.2) is 12.1 Å². The number of phenols is 1. The van der Waals surface area contributed by atoms with Crippen LogP contribution in [0.3, 0.4) is 0 Å². The standard InChI is InChI=1S/C10H6F3NO2/c1-5(15)7-3-9(16)6(4-14)2-8(7)10(11,12)13/h2-3,16H,1H3. The fraction of sp³-hybridized carbons (Fsp3) is 0.200. The summed E-state index contributed by atoms with van der Waals surface area (Å²) < 4.78 is 37.5. The molecule has 3 nitrogen and oxygen atoms in total. The van der Waals surface area contributed by atoms with Crippen molar-refractivity contribution in [3.05, 3.63) is 28.8 Å². The van der Waals surface area contributed by atoms with Gasteiger partial charge in [-0.15, -0.1) is 0 Å². The first-order chi connectivity index (χ1) is 7.27. The normalized spacial score (nSPS) is 10.9. The molecule has 0 aromatic heterocycles. The summed E-state index contributed by atoms with van der Waals surface area (Å²) >= 11 is 0. The quantitative estimate of drug-likeness (QED) is 0.752. The summed E-state index contributed by atoms with van der Waals surface area (Å²) in [5.41, 5.74) is -2.38. The summed E-state index contributed by atoms with van der Waals surface area (Å²) in [6.45, 7) is 0.954. The molecule has 0 atom stereocenters. The molecular formula is C10H6F3NO2. The lowest BCUT2D eigenvalue weighted by Crippen LogP contribution is -2.12. The molecule has 0 unspecified atom stereocenters. The van der Waals surface area contributed by atoms with Crippen LogP contribution in [0.1, 0.15) is 28.4 Å². The first-order valence-electron chi connectivity index (χ1n) is 4.12. The summed E-state index contributed by atoms with van der Waals surface area (Å²) in [6, 6.07) is 2.53. The van der Waals surface area contributed by atoms with Crippen LogP contribution in [0.4, 0.5) is 13.2 Å². The largest absolute Gasteiger partial charge is 0.507 e. The van der Waals surface area contributed by atoms with E-state index in [1.165, 1.54) is 6.07 Å². The molecule has 0 aliphatic heterocycles. The molecule has 0 bridgehead atoms. The van der Waals surface area contributed by atoms with Gasteiger partial charge in [0.25, 0.3) is 0 Å². The molecule has 0 amide bonds. The van der Waals surface area contributed by atoms with E-state index in [9.17, 15) is 23.1 Å². The van der Waals surface area contributed by atoms with Crippen molar-refractivity contribution in [3.8, 4) is 11.8 Å². The van der Waals surface area contributed by atoms with E-state index >= 15 is 0 Å². The number of nitrogens with zero attached hydrogens (tertiary/aromatic N) is 1. The third kappa shape index (κ3) is 2.14. The van der Waals surface area contributed by atoms with Gasteiger partial charge in [-0.05, 0) is 19.1 Å². The van der Waals surface area contributed by atoms with Crippen molar-refractivity contribution in [3.63, 3.8) is 0 Å². The van der Waals surface area contributed by atoms with Crippen molar-refractivity contribution in [1.29, 1.82) is 5.26 Å². The molecule has 0 aliphatic carbocycles. The van der Waals surface area contributed by atoms with Crippen molar-refractivity contribution in [2.45, 2.75) is 13.1 Å². The smallest absolute Gasteiger partial charge is 0.417 e. The highest BCUT2D eigenvalue weighted by Crippen LogP contribution is 2.35. The Morgan fingerprint density at radius 3 is 2.38 bits per heavy atom. The topological polar surface area (TPSA) is 61.1 Å². The number of aromatic hydroxyl groups is 1. The third-order valence-electron chi connectivity index (χ3n) is 1.94. The number of carbonyl (C=O) groups is 1. The lowest BCUT2D eigenvalue weighted by molar-refractivity contribution is -0.137. The van der Waals surface area contributed by atoms with Crippen LogP contribution in [0, 0.1) is 11.3 Å². The van der Waals surface area contributed by atoms with Crippen LogP contribution in [-0.2, 0) is 6.18 Å². The van der Waals surface area contributed by atoms with Gasteiger partial charge < -0.3 is 5.11 Å². The lowest BCUT2D eigenvalue weighted by atomic mass is 10.0. The van der Waals surface area contributed by atoms with E-state index < -0.39 is 34.4 Å². The van der Waals surface area contributed by atoms with Gasteiger partial charge in [-0.1, -0.05) is 0 Å². The van der Waals surface area contributed by atoms with Crippen molar-refractivity contribution in [1.82, 2.24) is 0 Å². The Morgan fingerprint density at radius 2 is 2.00 bits per heavy atom. The van der Waals surface area contributed by atoms with Gasteiger partial charge in [0.15, 0.2) is 5.78 Å². The minimum absolute atomic E-state index is 0.464. The summed E-state index contributed by atoms with van der Waals surface area (Å²) in [7, 11) is 0. The van der Waals surface area contributed by atoms with Crippen molar-refractivity contribution in [2.75, 3.05) is 0 Å². The number of hydrogen-bond acceptors (Lipinski definition) is 3. The summed E-state index contributed by atoms with van der Waals surface area (Å²) in [6.07, 6.45) is -4.74. The van der Waals surface area contributed by atoms with E-state index in [0.717, 1.165) is 6.92 Å². The molecule has 0 saturated heterocycles. The number of phenolic OH excluding ortho intramolecular Hbond substituents is 1. The average Bonchev–Trinajstić information content (AvgIpc) is 2.15. The van der Waals surface area contributed by atoms with E-state index in [-0.39, 0.29) is 0 Å². The van der Waals surface area contributed by atoms with E-state index in [1.807, 2.05) is 0 Å². The number of Topliss-reactive ketones (excluding diaryl/α,β-unsaturated/α-hetero) is 1. The molecule has 16 heavy (non-hydrogen) atoms. The van der Waals surface area contributed by atoms with Gasteiger partial charge in [-0.2, -0.15) is 18.4 Å². The van der Waals surface area contributed by atoms with Crippen LogP contribution >= 0.6 is 0 Å². The third-order valence-corrected chi connectivity index (χ3v) is 1.94. The Morgan fingerprint density at radius 1 is 1.44 bits per heavy atom. The molecule has 0 heterocycles. The van der Waals surface area contributed by atoms with Crippen molar-refractivity contribution in [2.24, 2.45) is 0 Å². The Balaban J connectivity index is 3.57. The maximum Gasteiger partial charge on any atom is 0.417 e. The van der Waals surface area contributed by atoms with Gasteiger partial charge in [0.2, 0.25) is 0 Å². The van der Waals surface area contributed by atoms with Crippen LogP contribution in [0.25, 0.3) is 0 Å². The van der Waals surface area contributed by atoms with Gasteiger partial charge in [0, 0.05) is 5.56 Å². The molecule has 1 rings (SSSR count). The number of hydrogen-bond donors (Lipinski definition) is 1. The summed E-state index contributed by atoms with van der Waals surface area (Å²) in [4.78, 5) is 11.0. The SMILES string of the molecule is CC(=O)c1cc(O)c(C#N)cc1C(F)(F)F. The maximum atomic E-state index is 12.5. The molecule has 1 N–H and O–H groups in total. The van der Waals surface area contributed by atoms with Crippen LogP contribution < -0.4 is 0 Å². The number of benzene rings is 1. The van der Waals surface area contributed by atoms with Crippen LogP contribution in [0.5, 0.6) is 5.75 Å². The Hall–Kier alpha value is -2.03. The highest BCUT2D eigenvalue weighted by Gasteiger charge is 2.35. The predicted molar refractivity (Wildman–Crippen MR) is 47.8 cm³/mol. The highest BCUT2D eigenvalue weighted by atomic mass is 19.4. The summed E-state index contributed by atoms with van der Waals surface area (Å²) in [5.74, 6) is -1.46. The first kappa shape index (κ1) is 12.0. The van der Waals surface area contributed by atoms with Gasteiger partial charge in [-0.3, -0.25) is 4.79 Å². The predicted octanol–water partition coefficient (Wildman–Crippen LogP) is 2.49. The van der Waals surface area contributed by atoms with E-state index in [1.54, 1.807) is 0 Å². The second-order valence-electron chi connectivity index (χ2n) is 3.08. The molecule has 84 valence electrons. The second kappa shape index (κ2) is 3.85. The van der Waals surface area contributed by atoms with Crippen LogP contribution in [-0.4, -0.2) is 10.9 Å². The Bertz CT molecular complexity index is 486. The van der Waals surface area contributed by atoms with E-state index in [2.05, 4.69) is 0 Å². The van der Waals surface area contributed by atoms with E-state index in [4.69, 9.17) is 5.26 Å². The lowest BCUT2D eigenvalue weighted by Gasteiger charge is -2.11. The van der Waals surface area contributed by atoms with Crippen LogP contribution in [0.2, 0.25) is 0 Å². The Kier molecular flexibility index (Phi) is 2.90. The minimum Gasteiger partial charge on any atom is -0.507 e. The van der Waals surface area contributed by atoms with E-state index in [0.29, 0.717) is 12.1 Å². The zero-order valence-electron chi connectivity index (χ0n) is 8.09. The number of nitriles is 1. The zero-order chi connectivity index (χ0) is 12.5. The number of ketones is 1. The highest BCUT2D eigenvalue weighted by molar-refractivity contribution is 5.96. The maximum absolute atomic E-state index is 12.5. The molecule has 0 aliphatic rings. The molecule has 6 heteroatoms. The number of alkyl halides is 3. The fourth-order valence-corrected chi connectivity index (χ4v) is 1.20. The van der Waals surface area contributed by atoms with Gasteiger partial charge in [-0.25, -0.2) is 0 Å². The molecular weight excluding hydrogens is 223 g/mol. The molecule has 0 saturated carbocycles. The molecule has 1 aromatic carbocycles. The zero-order valence-corrected chi connectivity index (χ0v) is 8.09.